The van der Waals surface area contributed by atoms with Gasteiger partial charge < -0.3 is 15.3 Å². The SMILES string of the molecule is CC1CN(C(=O)NCC2CCCCC2)CC1C(=O)O. The normalized spacial score (nSPS) is 28.4. The molecule has 0 bridgehead atoms. The van der Waals surface area contributed by atoms with E-state index >= 15 is 0 Å². The maximum Gasteiger partial charge on any atom is 0.317 e. The molecule has 0 aromatic rings. The smallest absolute Gasteiger partial charge is 0.317 e. The van der Waals surface area contributed by atoms with Gasteiger partial charge in [-0.25, -0.2) is 4.79 Å². The second-order valence-electron chi connectivity index (χ2n) is 6.02. The molecule has 2 atom stereocenters. The van der Waals surface area contributed by atoms with E-state index < -0.39 is 11.9 Å². The van der Waals surface area contributed by atoms with Crippen LogP contribution in [0.15, 0.2) is 0 Å². The first-order chi connectivity index (χ1) is 9.08. The van der Waals surface area contributed by atoms with Crippen LogP contribution < -0.4 is 5.32 Å². The molecule has 1 aliphatic heterocycles. The van der Waals surface area contributed by atoms with Crippen molar-refractivity contribution in [1.82, 2.24) is 10.2 Å². The maximum atomic E-state index is 12.0. The molecule has 108 valence electrons. The van der Waals surface area contributed by atoms with Crippen LogP contribution in [-0.4, -0.2) is 41.6 Å². The van der Waals surface area contributed by atoms with Crippen molar-refractivity contribution in [2.45, 2.75) is 39.0 Å². The number of amides is 2. The Hall–Kier alpha value is -1.26. The predicted molar refractivity (Wildman–Crippen MR) is 71.8 cm³/mol. The van der Waals surface area contributed by atoms with Gasteiger partial charge >= 0.3 is 12.0 Å². The maximum absolute atomic E-state index is 12.0. The van der Waals surface area contributed by atoms with Crippen molar-refractivity contribution in [3.63, 3.8) is 0 Å². The van der Waals surface area contributed by atoms with Crippen molar-refractivity contribution in [3.05, 3.63) is 0 Å². The molecule has 0 spiro atoms. The van der Waals surface area contributed by atoms with Gasteiger partial charge in [-0.2, -0.15) is 0 Å². The monoisotopic (exact) mass is 268 g/mol. The largest absolute Gasteiger partial charge is 0.481 e. The van der Waals surface area contributed by atoms with Gasteiger partial charge in [-0.15, -0.1) is 0 Å². The first-order valence-corrected chi connectivity index (χ1v) is 7.33. The predicted octanol–water partition coefficient (Wildman–Crippen LogP) is 1.93. The minimum Gasteiger partial charge on any atom is -0.481 e. The lowest BCUT2D eigenvalue weighted by atomic mass is 9.89. The van der Waals surface area contributed by atoms with E-state index in [1.54, 1.807) is 4.90 Å². The third-order valence-electron chi connectivity index (χ3n) is 4.48. The summed E-state index contributed by atoms with van der Waals surface area (Å²) in [5.74, 6) is -0.568. The molecule has 5 nitrogen and oxygen atoms in total. The summed E-state index contributed by atoms with van der Waals surface area (Å²) in [5.41, 5.74) is 0. The van der Waals surface area contributed by atoms with Crippen LogP contribution in [0.4, 0.5) is 4.79 Å². The van der Waals surface area contributed by atoms with Crippen LogP contribution in [0.1, 0.15) is 39.0 Å². The Balaban J connectivity index is 1.76. The summed E-state index contributed by atoms with van der Waals surface area (Å²) in [6.07, 6.45) is 6.25. The number of carbonyl (C=O) groups excluding carboxylic acids is 1. The number of nitrogens with one attached hydrogen (secondary N) is 1. The molecule has 0 radical (unpaired) electrons. The van der Waals surface area contributed by atoms with Gasteiger partial charge in [0.05, 0.1) is 5.92 Å². The van der Waals surface area contributed by atoms with Crippen LogP contribution in [0.2, 0.25) is 0 Å². The Morgan fingerprint density at radius 2 is 1.89 bits per heavy atom. The molecule has 1 aliphatic carbocycles. The third-order valence-corrected chi connectivity index (χ3v) is 4.48. The number of urea groups is 1. The highest BCUT2D eigenvalue weighted by atomic mass is 16.4. The lowest BCUT2D eigenvalue weighted by Crippen LogP contribution is -2.41. The van der Waals surface area contributed by atoms with Gasteiger partial charge in [0.2, 0.25) is 0 Å². The Morgan fingerprint density at radius 1 is 1.21 bits per heavy atom. The van der Waals surface area contributed by atoms with Gasteiger partial charge in [-0.05, 0) is 24.7 Å². The van der Waals surface area contributed by atoms with Gasteiger partial charge in [0.15, 0.2) is 0 Å². The second kappa shape index (κ2) is 6.26. The minimum atomic E-state index is -0.796. The molecule has 2 N–H and O–H groups in total. The van der Waals surface area contributed by atoms with E-state index in [4.69, 9.17) is 5.11 Å². The van der Waals surface area contributed by atoms with Crippen LogP contribution in [0.25, 0.3) is 0 Å². The van der Waals surface area contributed by atoms with Crippen molar-refractivity contribution in [2.24, 2.45) is 17.8 Å². The molecule has 2 unspecified atom stereocenters. The number of carboxylic acid groups (broad SMARTS) is 1. The number of nitrogens with zero attached hydrogens (tertiary/aromatic N) is 1. The van der Waals surface area contributed by atoms with E-state index in [-0.39, 0.29) is 11.9 Å². The highest BCUT2D eigenvalue weighted by Gasteiger charge is 2.36. The van der Waals surface area contributed by atoms with Gasteiger partial charge in [0.25, 0.3) is 0 Å². The number of carboxylic acids is 1. The second-order valence-corrected chi connectivity index (χ2v) is 6.02. The van der Waals surface area contributed by atoms with Crippen LogP contribution in [0.5, 0.6) is 0 Å². The van der Waals surface area contributed by atoms with Crippen LogP contribution in [0.3, 0.4) is 0 Å². The first kappa shape index (κ1) is 14.2. The zero-order chi connectivity index (χ0) is 13.8. The van der Waals surface area contributed by atoms with E-state index in [1.165, 1.54) is 32.1 Å². The lowest BCUT2D eigenvalue weighted by Gasteiger charge is -2.23. The van der Waals surface area contributed by atoms with E-state index in [2.05, 4.69) is 5.32 Å². The number of hydrogen-bond donors (Lipinski definition) is 2. The molecule has 1 saturated heterocycles. The van der Waals surface area contributed by atoms with E-state index in [9.17, 15) is 9.59 Å². The van der Waals surface area contributed by atoms with Gasteiger partial charge in [-0.3, -0.25) is 4.79 Å². The van der Waals surface area contributed by atoms with E-state index in [1.807, 2.05) is 6.92 Å². The number of aliphatic carboxylic acids is 1. The number of rotatable bonds is 3. The lowest BCUT2D eigenvalue weighted by molar-refractivity contribution is -0.142. The average Bonchev–Trinajstić information content (AvgIpc) is 2.79. The number of likely N-dealkylation sites (tertiary alicyclic amines) is 1. The Bertz CT molecular complexity index is 340. The van der Waals surface area contributed by atoms with Gasteiger partial charge in [-0.1, -0.05) is 26.2 Å². The van der Waals surface area contributed by atoms with Crippen LogP contribution in [-0.2, 0) is 4.79 Å². The van der Waals surface area contributed by atoms with Gasteiger partial charge in [0, 0.05) is 19.6 Å². The van der Waals surface area contributed by atoms with Crippen molar-refractivity contribution in [3.8, 4) is 0 Å². The molecule has 19 heavy (non-hydrogen) atoms. The molecule has 0 aromatic carbocycles. The van der Waals surface area contributed by atoms with E-state index in [0.29, 0.717) is 19.0 Å². The Labute approximate surface area is 114 Å². The molecule has 5 heteroatoms. The van der Waals surface area contributed by atoms with Crippen molar-refractivity contribution in [2.75, 3.05) is 19.6 Å². The average molecular weight is 268 g/mol. The molecular formula is C14H24N2O3. The fraction of sp³-hybridized carbons (Fsp3) is 0.857. The minimum absolute atomic E-state index is 0.0398. The Kier molecular flexibility index (Phi) is 4.66. The Morgan fingerprint density at radius 3 is 2.47 bits per heavy atom. The zero-order valence-electron chi connectivity index (χ0n) is 11.6. The standard InChI is InChI=1S/C14H24N2O3/c1-10-8-16(9-12(10)13(17)18)14(19)15-7-11-5-3-2-4-6-11/h10-12H,2-9H2,1H3,(H,15,19)(H,17,18). The van der Waals surface area contributed by atoms with Crippen molar-refractivity contribution < 1.29 is 14.7 Å². The molecular weight excluding hydrogens is 244 g/mol. The molecule has 0 aromatic heterocycles. The molecule has 1 saturated carbocycles. The molecule has 2 amide bonds. The summed E-state index contributed by atoms with van der Waals surface area (Å²) in [6, 6.07) is -0.0961. The fourth-order valence-corrected chi connectivity index (χ4v) is 3.19. The van der Waals surface area contributed by atoms with Crippen LogP contribution in [0, 0.1) is 17.8 Å². The first-order valence-electron chi connectivity index (χ1n) is 7.33. The summed E-state index contributed by atoms with van der Waals surface area (Å²) < 4.78 is 0. The molecule has 2 aliphatic rings. The highest BCUT2D eigenvalue weighted by molar-refractivity contribution is 5.77. The zero-order valence-corrected chi connectivity index (χ0v) is 11.6. The quantitative estimate of drug-likeness (QED) is 0.821. The third kappa shape index (κ3) is 3.61. The molecule has 1 heterocycles. The van der Waals surface area contributed by atoms with E-state index in [0.717, 1.165) is 6.54 Å². The molecule has 2 rings (SSSR count). The fourth-order valence-electron chi connectivity index (χ4n) is 3.19. The topological polar surface area (TPSA) is 69.6 Å². The summed E-state index contributed by atoms with van der Waals surface area (Å²) in [4.78, 5) is 24.7. The number of hydrogen-bond acceptors (Lipinski definition) is 2. The highest BCUT2D eigenvalue weighted by Crippen LogP contribution is 2.24. The summed E-state index contributed by atoms with van der Waals surface area (Å²) >= 11 is 0. The van der Waals surface area contributed by atoms with Gasteiger partial charge in [0.1, 0.15) is 0 Å². The summed E-state index contributed by atoms with van der Waals surface area (Å²) in [7, 11) is 0. The van der Waals surface area contributed by atoms with Crippen molar-refractivity contribution >= 4 is 12.0 Å². The van der Waals surface area contributed by atoms with Crippen molar-refractivity contribution in [1.29, 1.82) is 0 Å². The summed E-state index contributed by atoms with van der Waals surface area (Å²) in [5, 5.41) is 12.0. The van der Waals surface area contributed by atoms with Crippen LogP contribution >= 0.6 is 0 Å². The number of carbonyl (C=O) groups is 2. The summed E-state index contributed by atoms with van der Waals surface area (Å²) in [6.45, 7) is 3.52. The molecule has 2 fully saturated rings.